The fourth-order valence-electron chi connectivity index (χ4n) is 3.11. The average molecular weight is 480 g/mol. The van der Waals surface area contributed by atoms with Crippen molar-refractivity contribution in [2.75, 3.05) is 36.5 Å². The highest BCUT2D eigenvalue weighted by Gasteiger charge is 2.31. The van der Waals surface area contributed by atoms with Gasteiger partial charge in [0.05, 0.1) is 35.1 Å². The van der Waals surface area contributed by atoms with Crippen molar-refractivity contribution in [3.05, 3.63) is 69.8 Å². The first-order valence-electron chi connectivity index (χ1n) is 9.72. The van der Waals surface area contributed by atoms with E-state index >= 15 is 0 Å². The van der Waals surface area contributed by atoms with Crippen molar-refractivity contribution in [3.8, 4) is 0 Å². The Morgan fingerprint density at radius 1 is 1.18 bits per heavy atom. The van der Waals surface area contributed by atoms with Gasteiger partial charge in [-0.25, -0.2) is 0 Å². The molecule has 2 aromatic rings. The molecule has 0 bridgehead atoms. The quantitative estimate of drug-likeness (QED) is 0.289. The van der Waals surface area contributed by atoms with Crippen LogP contribution in [0.3, 0.4) is 0 Å². The van der Waals surface area contributed by atoms with E-state index < -0.39 is 22.6 Å². The standard InChI is InChI=1S/C21H19F3N4O4S/c22-21(23,24)15-5-6-18(27-8-10-32-11-9-27)17(13-15)25-20(33)26-19(29)7-4-14-2-1-3-16(12-14)28(30)31/h1-7,12-13H,8-11H2,(H2,25,26,29,33). The number of nitrogens with one attached hydrogen (secondary N) is 2. The highest BCUT2D eigenvalue weighted by Crippen LogP contribution is 2.35. The molecular formula is C21H19F3N4O4S. The molecule has 8 nitrogen and oxygen atoms in total. The number of carbonyl (C=O) groups excluding carboxylic acids is 1. The van der Waals surface area contributed by atoms with Crippen LogP contribution in [0.15, 0.2) is 48.5 Å². The summed E-state index contributed by atoms with van der Waals surface area (Å²) in [5.74, 6) is -0.654. The molecule has 1 aliphatic heterocycles. The van der Waals surface area contributed by atoms with E-state index in [4.69, 9.17) is 17.0 Å². The fraction of sp³-hybridized carbons (Fsp3) is 0.238. The Bertz CT molecular complexity index is 1090. The maximum atomic E-state index is 13.2. The molecule has 33 heavy (non-hydrogen) atoms. The Kier molecular flexibility index (Phi) is 7.61. The summed E-state index contributed by atoms with van der Waals surface area (Å²) in [7, 11) is 0. The minimum atomic E-state index is -4.55. The molecule has 0 atom stereocenters. The third kappa shape index (κ3) is 6.73. The van der Waals surface area contributed by atoms with Gasteiger partial charge in [-0.2, -0.15) is 13.2 Å². The predicted octanol–water partition coefficient (Wildman–Crippen LogP) is 3.98. The zero-order chi connectivity index (χ0) is 24.0. The average Bonchev–Trinajstić information content (AvgIpc) is 2.77. The molecule has 174 valence electrons. The zero-order valence-corrected chi connectivity index (χ0v) is 17.9. The number of non-ortho nitro benzene ring substituents is 1. The molecule has 0 aromatic heterocycles. The van der Waals surface area contributed by atoms with Gasteiger partial charge in [0.15, 0.2) is 5.11 Å². The molecule has 0 spiro atoms. The van der Waals surface area contributed by atoms with E-state index in [1.54, 1.807) is 6.07 Å². The van der Waals surface area contributed by atoms with Gasteiger partial charge >= 0.3 is 6.18 Å². The Morgan fingerprint density at radius 2 is 1.91 bits per heavy atom. The van der Waals surface area contributed by atoms with Gasteiger partial charge in [-0.1, -0.05) is 12.1 Å². The van der Waals surface area contributed by atoms with Crippen LogP contribution in [-0.4, -0.2) is 42.2 Å². The molecule has 1 heterocycles. The molecule has 2 aromatic carbocycles. The number of amides is 1. The van der Waals surface area contributed by atoms with Crippen LogP contribution in [0.5, 0.6) is 0 Å². The molecular weight excluding hydrogens is 461 g/mol. The number of hydrogen-bond donors (Lipinski definition) is 2. The number of hydrogen-bond acceptors (Lipinski definition) is 6. The van der Waals surface area contributed by atoms with Crippen molar-refractivity contribution >= 4 is 46.4 Å². The van der Waals surface area contributed by atoms with Crippen LogP contribution in [0.25, 0.3) is 6.08 Å². The summed E-state index contributed by atoms with van der Waals surface area (Å²) in [6, 6.07) is 8.92. The molecule has 1 fully saturated rings. The minimum absolute atomic E-state index is 0.0969. The fourth-order valence-corrected chi connectivity index (χ4v) is 3.32. The van der Waals surface area contributed by atoms with Crippen LogP contribution in [0.1, 0.15) is 11.1 Å². The number of morpholine rings is 1. The van der Waals surface area contributed by atoms with Crippen molar-refractivity contribution in [1.82, 2.24) is 5.32 Å². The molecule has 1 aliphatic rings. The summed E-state index contributed by atoms with van der Waals surface area (Å²) in [5.41, 5.74) is 0.0251. The highest BCUT2D eigenvalue weighted by molar-refractivity contribution is 7.80. The molecule has 2 N–H and O–H groups in total. The summed E-state index contributed by atoms with van der Waals surface area (Å²) in [4.78, 5) is 24.3. The first kappa shape index (κ1) is 24.1. The van der Waals surface area contributed by atoms with Crippen LogP contribution in [-0.2, 0) is 15.7 Å². The van der Waals surface area contributed by atoms with Gasteiger partial charge in [0.2, 0.25) is 5.91 Å². The number of nitrogens with zero attached hydrogens (tertiary/aromatic N) is 2. The third-order valence-corrected chi connectivity index (χ3v) is 4.87. The smallest absolute Gasteiger partial charge is 0.378 e. The lowest BCUT2D eigenvalue weighted by Gasteiger charge is -2.31. The highest BCUT2D eigenvalue weighted by atomic mass is 32.1. The topological polar surface area (TPSA) is 96.7 Å². The Morgan fingerprint density at radius 3 is 2.58 bits per heavy atom. The predicted molar refractivity (Wildman–Crippen MR) is 121 cm³/mol. The van der Waals surface area contributed by atoms with E-state index in [0.29, 0.717) is 37.6 Å². The van der Waals surface area contributed by atoms with Crippen molar-refractivity contribution in [2.45, 2.75) is 6.18 Å². The summed E-state index contributed by atoms with van der Waals surface area (Å²) in [5, 5.41) is 15.7. The monoisotopic (exact) mass is 480 g/mol. The molecule has 1 saturated heterocycles. The lowest BCUT2D eigenvalue weighted by molar-refractivity contribution is -0.384. The Labute approximate surface area is 192 Å². The van der Waals surface area contributed by atoms with Gasteiger partial charge in [0.1, 0.15) is 0 Å². The number of anilines is 2. The van der Waals surface area contributed by atoms with Gasteiger partial charge in [0.25, 0.3) is 5.69 Å². The summed E-state index contributed by atoms with van der Waals surface area (Å²) >= 11 is 5.11. The summed E-state index contributed by atoms with van der Waals surface area (Å²) < 4.78 is 44.9. The second-order valence-electron chi connectivity index (χ2n) is 6.96. The van der Waals surface area contributed by atoms with Crippen LogP contribution in [0.2, 0.25) is 0 Å². The minimum Gasteiger partial charge on any atom is -0.378 e. The van der Waals surface area contributed by atoms with Gasteiger partial charge in [-0.15, -0.1) is 0 Å². The Hall–Kier alpha value is -3.51. The van der Waals surface area contributed by atoms with E-state index in [0.717, 1.165) is 18.2 Å². The molecule has 12 heteroatoms. The molecule has 0 saturated carbocycles. The number of halogens is 3. The van der Waals surface area contributed by atoms with Crippen molar-refractivity contribution < 1.29 is 27.6 Å². The SMILES string of the molecule is O=C(C=Cc1cccc([N+](=O)[O-])c1)NC(=S)Nc1cc(C(F)(F)F)ccc1N1CCOCC1. The van der Waals surface area contributed by atoms with Crippen LogP contribution < -0.4 is 15.5 Å². The number of nitro groups is 1. The van der Waals surface area contributed by atoms with E-state index in [1.807, 2.05) is 4.90 Å². The number of ether oxygens (including phenoxy) is 1. The molecule has 1 amide bonds. The van der Waals surface area contributed by atoms with E-state index in [-0.39, 0.29) is 16.5 Å². The van der Waals surface area contributed by atoms with Crippen LogP contribution in [0, 0.1) is 10.1 Å². The van der Waals surface area contributed by atoms with Gasteiger partial charge in [-0.05, 0) is 42.1 Å². The van der Waals surface area contributed by atoms with E-state index in [9.17, 15) is 28.1 Å². The largest absolute Gasteiger partial charge is 0.416 e. The molecule has 0 aliphatic carbocycles. The molecule has 0 radical (unpaired) electrons. The number of alkyl halides is 3. The second-order valence-corrected chi connectivity index (χ2v) is 7.37. The number of nitro benzene ring substituents is 1. The lowest BCUT2D eigenvalue weighted by Crippen LogP contribution is -2.38. The van der Waals surface area contributed by atoms with Crippen molar-refractivity contribution in [2.24, 2.45) is 0 Å². The van der Waals surface area contributed by atoms with Crippen molar-refractivity contribution in [1.29, 1.82) is 0 Å². The number of thiocarbonyl (C=S) groups is 1. The molecule has 0 unspecified atom stereocenters. The number of carbonyl (C=O) groups is 1. The third-order valence-electron chi connectivity index (χ3n) is 4.67. The number of benzene rings is 2. The zero-order valence-electron chi connectivity index (χ0n) is 17.1. The maximum Gasteiger partial charge on any atom is 0.416 e. The van der Waals surface area contributed by atoms with Gasteiger partial charge in [-0.3, -0.25) is 20.2 Å². The lowest BCUT2D eigenvalue weighted by atomic mass is 10.1. The maximum absolute atomic E-state index is 13.2. The van der Waals surface area contributed by atoms with Crippen LogP contribution >= 0.6 is 12.2 Å². The summed E-state index contributed by atoms with van der Waals surface area (Å²) in [6.45, 7) is 1.85. The Balaban J connectivity index is 1.72. The van der Waals surface area contributed by atoms with E-state index in [2.05, 4.69) is 10.6 Å². The normalized spacial score (nSPS) is 14.2. The number of rotatable bonds is 5. The second kappa shape index (κ2) is 10.4. The van der Waals surface area contributed by atoms with Gasteiger partial charge in [0, 0.05) is 31.3 Å². The van der Waals surface area contributed by atoms with Crippen molar-refractivity contribution in [3.63, 3.8) is 0 Å². The van der Waals surface area contributed by atoms with Gasteiger partial charge < -0.3 is 15.0 Å². The molecule has 3 rings (SSSR count). The first-order chi connectivity index (χ1) is 15.6. The van der Waals surface area contributed by atoms with Crippen LogP contribution in [0.4, 0.5) is 30.2 Å². The van der Waals surface area contributed by atoms with E-state index in [1.165, 1.54) is 30.3 Å². The first-order valence-corrected chi connectivity index (χ1v) is 10.1. The summed E-state index contributed by atoms with van der Waals surface area (Å²) in [6.07, 6.45) is -2.08.